The minimum Gasteiger partial charge on any atom is -0.388 e. The van der Waals surface area contributed by atoms with E-state index in [1.54, 1.807) is 11.1 Å². The second-order valence-electron chi connectivity index (χ2n) is 5.51. The number of rotatable bonds is 3. The number of carbonyl (C=O) groups is 1. The highest BCUT2D eigenvalue weighted by atomic mass is 16.3. The zero-order valence-corrected chi connectivity index (χ0v) is 12.3. The molecular formula is C19H19NO2. The van der Waals surface area contributed by atoms with E-state index in [4.69, 9.17) is 0 Å². The highest BCUT2D eigenvalue weighted by molar-refractivity contribution is 5.94. The van der Waals surface area contributed by atoms with Crippen molar-refractivity contribution in [2.45, 2.75) is 12.5 Å². The average molecular weight is 293 g/mol. The number of carbonyl (C=O) groups excluding carboxylic acids is 1. The van der Waals surface area contributed by atoms with Crippen molar-refractivity contribution < 1.29 is 9.90 Å². The van der Waals surface area contributed by atoms with Gasteiger partial charge in [0.2, 0.25) is 0 Å². The van der Waals surface area contributed by atoms with Crippen LogP contribution in [0.3, 0.4) is 0 Å². The first-order chi connectivity index (χ1) is 10.8. The van der Waals surface area contributed by atoms with E-state index < -0.39 is 6.10 Å². The van der Waals surface area contributed by atoms with Crippen LogP contribution in [-0.2, 0) is 0 Å². The third-order valence-corrected chi connectivity index (χ3v) is 4.04. The second-order valence-corrected chi connectivity index (χ2v) is 5.51. The smallest absolute Gasteiger partial charge is 0.257 e. The molecule has 0 spiro atoms. The summed E-state index contributed by atoms with van der Waals surface area (Å²) >= 11 is 0. The second kappa shape index (κ2) is 6.58. The Balaban J connectivity index is 1.68. The van der Waals surface area contributed by atoms with Crippen molar-refractivity contribution in [3.05, 3.63) is 84.1 Å². The average Bonchev–Trinajstić information content (AvgIpc) is 2.62. The summed E-state index contributed by atoms with van der Waals surface area (Å²) in [7, 11) is 0. The molecule has 2 atom stereocenters. The first-order valence-electron chi connectivity index (χ1n) is 7.53. The number of benzene rings is 2. The third kappa shape index (κ3) is 3.10. The van der Waals surface area contributed by atoms with Crippen molar-refractivity contribution in [1.82, 2.24) is 4.90 Å². The maximum atomic E-state index is 12.4. The zero-order valence-electron chi connectivity index (χ0n) is 12.3. The summed E-state index contributed by atoms with van der Waals surface area (Å²) in [6, 6.07) is 18.9. The Bertz CT molecular complexity index is 652. The van der Waals surface area contributed by atoms with Gasteiger partial charge < -0.3 is 10.0 Å². The van der Waals surface area contributed by atoms with Gasteiger partial charge >= 0.3 is 0 Å². The van der Waals surface area contributed by atoms with Gasteiger partial charge in [-0.05, 0) is 24.1 Å². The SMILES string of the molecule is O=C(c1ccccc1)N1C=CC(C(O)c2ccccc2)CC1. The third-order valence-electron chi connectivity index (χ3n) is 4.04. The van der Waals surface area contributed by atoms with Crippen LogP contribution in [0.4, 0.5) is 0 Å². The molecule has 2 aromatic rings. The number of aliphatic hydroxyl groups is 1. The molecule has 3 heteroatoms. The zero-order chi connectivity index (χ0) is 15.4. The van der Waals surface area contributed by atoms with Gasteiger partial charge in [-0.25, -0.2) is 0 Å². The van der Waals surface area contributed by atoms with E-state index in [9.17, 15) is 9.90 Å². The van der Waals surface area contributed by atoms with Crippen molar-refractivity contribution in [1.29, 1.82) is 0 Å². The fourth-order valence-electron chi connectivity index (χ4n) is 2.75. The van der Waals surface area contributed by atoms with Gasteiger partial charge in [-0.2, -0.15) is 0 Å². The predicted octanol–water partition coefficient (Wildman–Crippen LogP) is 3.40. The maximum absolute atomic E-state index is 12.4. The Morgan fingerprint density at radius 3 is 2.27 bits per heavy atom. The van der Waals surface area contributed by atoms with Gasteiger partial charge in [-0.3, -0.25) is 4.79 Å². The molecule has 1 aliphatic heterocycles. The molecule has 0 saturated carbocycles. The van der Waals surface area contributed by atoms with Crippen molar-refractivity contribution in [3.63, 3.8) is 0 Å². The maximum Gasteiger partial charge on any atom is 0.257 e. The molecule has 3 rings (SSSR count). The van der Waals surface area contributed by atoms with Crippen LogP contribution in [0.5, 0.6) is 0 Å². The molecule has 2 aromatic carbocycles. The monoisotopic (exact) mass is 293 g/mol. The molecule has 0 aliphatic carbocycles. The quantitative estimate of drug-likeness (QED) is 0.942. The number of nitrogens with zero attached hydrogens (tertiary/aromatic N) is 1. The highest BCUT2D eigenvalue weighted by Gasteiger charge is 2.24. The van der Waals surface area contributed by atoms with Crippen molar-refractivity contribution >= 4 is 5.91 Å². The fraction of sp³-hybridized carbons (Fsp3) is 0.211. The van der Waals surface area contributed by atoms with Crippen molar-refractivity contribution in [2.75, 3.05) is 6.54 Å². The van der Waals surface area contributed by atoms with E-state index in [0.29, 0.717) is 12.1 Å². The van der Waals surface area contributed by atoms with E-state index >= 15 is 0 Å². The van der Waals surface area contributed by atoms with Gasteiger partial charge in [0, 0.05) is 24.2 Å². The number of hydrogen-bond acceptors (Lipinski definition) is 2. The van der Waals surface area contributed by atoms with Crippen LogP contribution in [0.1, 0.15) is 28.4 Å². The molecule has 112 valence electrons. The molecule has 0 radical (unpaired) electrons. The lowest BCUT2D eigenvalue weighted by atomic mass is 9.91. The molecular weight excluding hydrogens is 274 g/mol. The van der Waals surface area contributed by atoms with Crippen molar-refractivity contribution in [3.8, 4) is 0 Å². The molecule has 0 bridgehead atoms. The first-order valence-corrected chi connectivity index (χ1v) is 7.53. The molecule has 0 aromatic heterocycles. The minimum atomic E-state index is -0.522. The Morgan fingerprint density at radius 1 is 1.05 bits per heavy atom. The minimum absolute atomic E-state index is 0.00417. The molecule has 0 saturated heterocycles. The summed E-state index contributed by atoms with van der Waals surface area (Å²) in [5, 5.41) is 10.4. The summed E-state index contributed by atoms with van der Waals surface area (Å²) in [6.07, 6.45) is 3.97. The topological polar surface area (TPSA) is 40.5 Å². The first kappa shape index (κ1) is 14.5. The van der Waals surface area contributed by atoms with Gasteiger partial charge in [0.1, 0.15) is 0 Å². The van der Waals surface area contributed by atoms with Gasteiger partial charge in [0.15, 0.2) is 0 Å². The van der Waals surface area contributed by atoms with Gasteiger partial charge in [0.25, 0.3) is 5.91 Å². The Morgan fingerprint density at radius 2 is 1.68 bits per heavy atom. The number of hydrogen-bond donors (Lipinski definition) is 1. The van der Waals surface area contributed by atoms with E-state index in [2.05, 4.69) is 0 Å². The standard InChI is InChI=1S/C19H19NO2/c21-18(15-7-3-1-4-8-15)16-11-13-20(14-12-16)19(22)17-9-5-2-6-10-17/h1-11,13,16,18,21H,12,14H2. The van der Waals surface area contributed by atoms with Gasteiger partial charge in [-0.1, -0.05) is 54.6 Å². The van der Waals surface area contributed by atoms with Crippen LogP contribution < -0.4 is 0 Å². The van der Waals surface area contributed by atoms with Crippen LogP contribution in [0.15, 0.2) is 72.9 Å². The van der Waals surface area contributed by atoms with Crippen LogP contribution in [0, 0.1) is 5.92 Å². The Labute approximate surface area is 130 Å². The lowest BCUT2D eigenvalue weighted by molar-refractivity contribution is 0.0759. The molecule has 2 unspecified atom stereocenters. The normalized spacial score (nSPS) is 19.0. The molecule has 3 nitrogen and oxygen atoms in total. The lowest BCUT2D eigenvalue weighted by Crippen LogP contribution is -2.32. The highest BCUT2D eigenvalue weighted by Crippen LogP contribution is 2.28. The molecule has 1 heterocycles. The Hall–Kier alpha value is -2.39. The van der Waals surface area contributed by atoms with E-state index in [0.717, 1.165) is 12.0 Å². The Kier molecular flexibility index (Phi) is 4.35. The van der Waals surface area contributed by atoms with E-state index in [-0.39, 0.29) is 11.8 Å². The summed E-state index contributed by atoms with van der Waals surface area (Å²) in [5.41, 5.74) is 1.61. The largest absolute Gasteiger partial charge is 0.388 e. The van der Waals surface area contributed by atoms with Crippen LogP contribution >= 0.6 is 0 Å². The molecule has 1 aliphatic rings. The molecule has 1 N–H and O–H groups in total. The number of amides is 1. The summed E-state index contributed by atoms with van der Waals surface area (Å²) in [6.45, 7) is 0.624. The van der Waals surface area contributed by atoms with Crippen molar-refractivity contribution in [2.24, 2.45) is 5.92 Å². The summed E-state index contributed by atoms with van der Waals surface area (Å²) < 4.78 is 0. The molecule has 22 heavy (non-hydrogen) atoms. The molecule has 0 fully saturated rings. The number of aliphatic hydroxyl groups excluding tert-OH is 1. The lowest BCUT2D eigenvalue weighted by Gasteiger charge is -2.29. The summed E-state index contributed by atoms with van der Waals surface area (Å²) in [4.78, 5) is 14.1. The van der Waals surface area contributed by atoms with Crippen LogP contribution in [0.25, 0.3) is 0 Å². The fourth-order valence-corrected chi connectivity index (χ4v) is 2.75. The molecule has 1 amide bonds. The van der Waals surface area contributed by atoms with E-state index in [1.807, 2.05) is 66.7 Å². The van der Waals surface area contributed by atoms with Crippen LogP contribution in [0.2, 0.25) is 0 Å². The predicted molar refractivity (Wildman–Crippen MR) is 86.1 cm³/mol. The summed E-state index contributed by atoms with van der Waals surface area (Å²) in [5.74, 6) is 0.0479. The van der Waals surface area contributed by atoms with Crippen LogP contribution in [-0.4, -0.2) is 22.5 Å². The van der Waals surface area contributed by atoms with Gasteiger partial charge in [0.05, 0.1) is 6.10 Å². The van der Waals surface area contributed by atoms with Gasteiger partial charge in [-0.15, -0.1) is 0 Å². The van der Waals surface area contributed by atoms with E-state index in [1.165, 1.54) is 0 Å².